The molecule has 0 aliphatic carbocycles. The summed E-state index contributed by atoms with van der Waals surface area (Å²) in [5.74, 6) is 1.59. The molecule has 0 saturated carbocycles. The van der Waals surface area contributed by atoms with Crippen LogP contribution in [0.25, 0.3) is 0 Å². The van der Waals surface area contributed by atoms with Gasteiger partial charge in [-0.15, -0.1) is 0 Å². The van der Waals surface area contributed by atoms with E-state index in [2.05, 4.69) is 26.4 Å². The zero-order valence-electron chi connectivity index (χ0n) is 16.6. The van der Waals surface area contributed by atoms with Crippen LogP contribution in [-0.2, 0) is 11.3 Å². The van der Waals surface area contributed by atoms with E-state index in [-0.39, 0.29) is 11.8 Å². The van der Waals surface area contributed by atoms with Gasteiger partial charge in [-0.2, -0.15) is 11.8 Å². The Morgan fingerprint density at radius 1 is 1.26 bits per heavy atom. The first-order valence-corrected chi connectivity index (χ1v) is 11.8. The van der Waals surface area contributed by atoms with Gasteiger partial charge in [0.2, 0.25) is 5.91 Å². The van der Waals surface area contributed by atoms with E-state index in [1.165, 1.54) is 44.6 Å². The molecule has 0 bridgehead atoms. The summed E-state index contributed by atoms with van der Waals surface area (Å²) in [6, 6.07) is 6.48. The number of aromatic nitrogens is 1. The van der Waals surface area contributed by atoms with Crippen molar-refractivity contribution >= 4 is 17.7 Å². The van der Waals surface area contributed by atoms with Crippen molar-refractivity contribution in [3.05, 3.63) is 30.1 Å². The highest BCUT2D eigenvalue weighted by Gasteiger charge is 2.31. The van der Waals surface area contributed by atoms with Crippen molar-refractivity contribution < 1.29 is 4.79 Å². The van der Waals surface area contributed by atoms with E-state index in [0.29, 0.717) is 12.6 Å². The molecule has 2 aliphatic rings. The van der Waals surface area contributed by atoms with Gasteiger partial charge in [-0.25, -0.2) is 0 Å². The zero-order valence-corrected chi connectivity index (χ0v) is 17.4. The van der Waals surface area contributed by atoms with Gasteiger partial charge < -0.3 is 10.2 Å². The minimum Gasteiger partial charge on any atom is -0.350 e. The van der Waals surface area contributed by atoms with E-state index in [1.54, 1.807) is 6.20 Å². The molecular formula is C21H34N4OS. The zero-order chi connectivity index (χ0) is 18.9. The van der Waals surface area contributed by atoms with Crippen LogP contribution in [0.5, 0.6) is 0 Å². The molecule has 1 amide bonds. The fraction of sp³-hybridized carbons (Fsp3) is 0.714. The molecule has 150 valence electrons. The highest BCUT2D eigenvalue weighted by molar-refractivity contribution is 7.98. The molecule has 1 unspecified atom stereocenters. The Balaban J connectivity index is 1.40. The van der Waals surface area contributed by atoms with Crippen LogP contribution < -0.4 is 5.32 Å². The fourth-order valence-corrected chi connectivity index (χ4v) is 4.74. The average molecular weight is 391 g/mol. The van der Waals surface area contributed by atoms with Gasteiger partial charge in [0.1, 0.15) is 0 Å². The largest absolute Gasteiger partial charge is 0.350 e. The second-order valence-electron chi connectivity index (χ2n) is 7.79. The number of carbonyl (C=O) groups is 1. The van der Waals surface area contributed by atoms with E-state index < -0.39 is 0 Å². The normalized spacial score (nSPS) is 22.6. The molecule has 3 rings (SSSR count). The van der Waals surface area contributed by atoms with Gasteiger partial charge in [0, 0.05) is 18.8 Å². The Bertz CT molecular complexity index is 563. The Morgan fingerprint density at radius 2 is 2.11 bits per heavy atom. The van der Waals surface area contributed by atoms with E-state index >= 15 is 0 Å². The third-order valence-corrected chi connectivity index (χ3v) is 6.59. The average Bonchev–Trinajstić information content (AvgIpc) is 2.73. The van der Waals surface area contributed by atoms with Crippen LogP contribution in [0.15, 0.2) is 24.4 Å². The van der Waals surface area contributed by atoms with Crippen molar-refractivity contribution in [2.75, 3.05) is 44.7 Å². The summed E-state index contributed by atoms with van der Waals surface area (Å²) in [6.07, 6.45) is 9.91. The Hall–Kier alpha value is -1.11. The fourth-order valence-electron chi connectivity index (χ4n) is 4.32. The van der Waals surface area contributed by atoms with Crippen molar-refractivity contribution in [3.63, 3.8) is 0 Å². The van der Waals surface area contributed by atoms with E-state index in [4.69, 9.17) is 0 Å². The third kappa shape index (κ3) is 6.47. The lowest BCUT2D eigenvalue weighted by molar-refractivity contribution is -0.127. The molecule has 1 atom stereocenters. The first kappa shape index (κ1) is 20.6. The van der Waals surface area contributed by atoms with Crippen LogP contribution in [0.4, 0.5) is 0 Å². The molecule has 0 spiro atoms. The molecule has 2 fully saturated rings. The molecular weight excluding hydrogens is 356 g/mol. The Morgan fingerprint density at radius 3 is 2.85 bits per heavy atom. The molecule has 1 N–H and O–H groups in total. The minimum atomic E-state index is 0.127. The Labute approximate surface area is 168 Å². The van der Waals surface area contributed by atoms with Crippen molar-refractivity contribution in [1.29, 1.82) is 0 Å². The van der Waals surface area contributed by atoms with Crippen LogP contribution in [0.1, 0.15) is 37.8 Å². The maximum Gasteiger partial charge on any atom is 0.224 e. The van der Waals surface area contributed by atoms with Gasteiger partial charge in [-0.05, 0) is 82.4 Å². The van der Waals surface area contributed by atoms with E-state index in [0.717, 1.165) is 31.6 Å². The van der Waals surface area contributed by atoms with Crippen molar-refractivity contribution in [3.8, 4) is 0 Å². The quantitative estimate of drug-likeness (QED) is 0.692. The SMILES string of the molecule is CSCCCN1CCC(N2CCCC(C(=O)NCc3ccccn3)C2)CC1. The van der Waals surface area contributed by atoms with Gasteiger partial charge >= 0.3 is 0 Å². The lowest BCUT2D eigenvalue weighted by Gasteiger charge is -2.42. The molecule has 3 heterocycles. The summed E-state index contributed by atoms with van der Waals surface area (Å²) in [6.45, 7) is 6.28. The first-order chi connectivity index (χ1) is 13.3. The number of piperidine rings is 2. The summed E-state index contributed by atoms with van der Waals surface area (Å²) >= 11 is 1.94. The van der Waals surface area contributed by atoms with E-state index in [1.807, 2.05) is 30.0 Å². The molecule has 5 nitrogen and oxygen atoms in total. The molecule has 2 saturated heterocycles. The molecule has 1 aromatic heterocycles. The van der Waals surface area contributed by atoms with Gasteiger partial charge in [0.25, 0.3) is 0 Å². The number of rotatable bonds is 8. The van der Waals surface area contributed by atoms with Gasteiger partial charge in [0.05, 0.1) is 18.2 Å². The summed E-state index contributed by atoms with van der Waals surface area (Å²) in [7, 11) is 0. The number of amides is 1. The summed E-state index contributed by atoms with van der Waals surface area (Å²) < 4.78 is 0. The minimum absolute atomic E-state index is 0.127. The summed E-state index contributed by atoms with van der Waals surface area (Å²) in [5, 5.41) is 3.09. The van der Waals surface area contributed by atoms with Gasteiger partial charge in [-0.3, -0.25) is 14.7 Å². The lowest BCUT2D eigenvalue weighted by Crippen LogP contribution is -2.50. The van der Waals surface area contributed by atoms with Crippen LogP contribution in [-0.4, -0.2) is 71.5 Å². The van der Waals surface area contributed by atoms with Crippen LogP contribution in [0.3, 0.4) is 0 Å². The standard InChI is InChI=1S/C21H34N4OS/c1-27-15-5-11-24-13-8-20(9-14-24)25-12-4-6-18(17-25)21(26)23-16-19-7-2-3-10-22-19/h2-3,7,10,18,20H,4-6,8-9,11-17H2,1H3,(H,23,26). The topological polar surface area (TPSA) is 48.5 Å². The molecule has 6 heteroatoms. The van der Waals surface area contributed by atoms with Gasteiger partial charge in [0.15, 0.2) is 0 Å². The predicted molar refractivity (Wildman–Crippen MR) is 113 cm³/mol. The van der Waals surface area contributed by atoms with Crippen LogP contribution >= 0.6 is 11.8 Å². The number of likely N-dealkylation sites (tertiary alicyclic amines) is 2. The monoisotopic (exact) mass is 390 g/mol. The van der Waals surface area contributed by atoms with Crippen molar-refractivity contribution in [1.82, 2.24) is 20.1 Å². The number of carbonyl (C=O) groups excluding carboxylic acids is 1. The molecule has 1 aromatic rings. The number of hydrogen-bond donors (Lipinski definition) is 1. The third-order valence-electron chi connectivity index (χ3n) is 5.89. The molecule has 0 aromatic carbocycles. The van der Waals surface area contributed by atoms with Crippen molar-refractivity contribution in [2.45, 2.75) is 44.7 Å². The summed E-state index contributed by atoms with van der Waals surface area (Å²) in [5.41, 5.74) is 0.923. The highest BCUT2D eigenvalue weighted by atomic mass is 32.2. The lowest BCUT2D eigenvalue weighted by atomic mass is 9.93. The number of hydrogen-bond acceptors (Lipinski definition) is 5. The van der Waals surface area contributed by atoms with Gasteiger partial charge in [-0.1, -0.05) is 6.07 Å². The summed E-state index contributed by atoms with van der Waals surface area (Å²) in [4.78, 5) is 22.1. The predicted octanol–water partition coefficient (Wildman–Crippen LogP) is 2.63. The van der Waals surface area contributed by atoms with Crippen LogP contribution in [0, 0.1) is 5.92 Å². The Kier molecular flexibility index (Phi) is 8.42. The second-order valence-corrected chi connectivity index (χ2v) is 8.78. The number of thioether (sulfide) groups is 1. The van der Waals surface area contributed by atoms with E-state index in [9.17, 15) is 4.79 Å². The highest BCUT2D eigenvalue weighted by Crippen LogP contribution is 2.24. The maximum atomic E-state index is 12.6. The number of nitrogens with one attached hydrogen (secondary N) is 1. The molecule has 27 heavy (non-hydrogen) atoms. The maximum absolute atomic E-state index is 12.6. The second kappa shape index (κ2) is 11.0. The molecule has 2 aliphatic heterocycles. The number of nitrogens with zero attached hydrogens (tertiary/aromatic N) is 3. The number of pyridine rings is 1. The molecule has 0 radical (unpaired) electrons. The first-order valence-electron chi connectivity index (χ1n) is 10.4. The van der Waals surface area contributed by atoms with Crippen LogP contribution in [0.2, 0.25) is 0 Å². The smallest absolute Gasteiger partial charge is 0.224 e. The van der Waals surface area contributed by atoms with Crippen molar-refractivity contribution in [2.24, 2.45) is 5.92 Å².